The van der Waals surface area contributed by atoms with Crippen molar-refractivity contribution in [3.63, 3.8) is 0 Å². The first-order chi connectivity index (χ1) is 17.0. The Hall–Kier alpha value is -4.03. The van der Waals surface area contributed by atoms with E-state index < -0.39 is 11.9 Å². The lowest BCUT2D eigenvalue weighted by Crippen LogP contribution is -2.13. The fraction of sp³-hybridized carbons (Fsp3) is 0.621. The largest absolute Gasteiger partial charge is 0.481 e. The Morgan fingerprint density at radius 1 is 0.762 bits per heavy atom. The molecule has 0 fully saturated rings. The number of aliphatic carboxylic acids is 1. The molecule has 0 aromatic carbocycles. The van der Waals surface area contributed by atoms with Gasteiger partial charge in [0, 0.05) is 26.7 Å². The normalized spacial score (nSPS) is 8.33. The summed E-state index contributed by atoms with van der Waals surface area (Å²) < 4.78 is 19.0. The molecule has 2 rings (SSSR count). The maximum absolute atomic E-state index is 10.8. The highest BCUT2D eigenvalue weighted by molar-refractivity contribution is 5.96. The zero-order valence-electron chi connectivity index (χ0n) is 22.8. The first-order valence-electron chi connectivity index (χ1n) is 11.0. The summed E-state index contributed by atoms with van der Waals surface area (Å²) >= 11 is 0. The van der Waals surface area contributed by atoms with Gasteiger partial charge in [0.2, 0.25) is 5.91 Å². The van der Waals surface area contributed by atoms with Crippen LogP contribution in [0.4, 0.5) is 0 Å². The van der Waals surface area contributed by atoms with Crippen LogP contribution in [0.1, 0.15) is 99.0 Å². The molecule has 0 saturated heterocycles. The second-order valence-electron chi connectivity index (χ2n) is 7.78. The number of hydrogen-bond acceptors (Lipinski definition) is 11. The van der Waals surface area contributed by atoms with Crippen molar-refractivity contribution in [1.82, 2.24) is 9.97 Å². The predicted octanol–water partition coefficient (Wildman–Crippen LogP) is 5.37. The van der Waals surface area contributed by atoms with Crippen molar-refractivity contribution in [2.24, 2.45) is 11.7 Å². The van der Waals surface area contributed by atoms with Crippen LogP contribution in [0.5, 0.6) is 0 Å². The molecule has 0 spiro atoms. The number of aromatic nitrogens is 2. The molecule has 0 unspecified atom stereocenters. The van der Waals surface area contributed by atoms with E-state index in [2.05, 4.69) is 25.2 Å². The van der Waals surface area contributed by atoms with Gasteiger partial charge in [0.1, 0.15) is 23.7 Å². The topological polar surface area (TPSA) is 202 Å². The van der Waals surface area contributed by atoms with Gasteiger partial charge in [-0.15, -0.1) is 0 Å². The number of esters is 2. The van der Waals surface area contributed by atoms with Crippen LogP contribution >= 0.6 is 0 Å². The lowest BCUT2D eigenvalue weighted by Gasteiger charge is -2.00. The number of oxazole rings is 2. The minimum atomic E-state index is -0.888. The molecule has 0 aliphatic carbocycles. The number of primary amides is 1. The van der Waals surface area contributed by atoms with E-state index in [9.17, 15) is 24.0 Å². The number of Topliss-reactive ketones (excluding diaryl/α,β-unsaturated/α-hetero) is 1. The Labute approximate surface area is 252 Å². The standard InChI is InChI=1S/C8H11NO3.C7H9NO3.C7H12O3.C2H5NO.5CH4/c1-5-7(4-8(10)11-3)9-6(2)12-5;1-4-6(3-7(9)10)8-5(2)11-4;1-5(2)6(8)4-7(9)10-3;1-2(3)4;;;;;/h4H2,1-3H3;3H2,1-2H3,(H,9,10);5H,4H2,1-3H3;1H3,(H2,3,4);5*1H4. The predicted molar refractivity (Wildman–Crippen MR) is 164 cm³/mol. The number of amides is 1. The average Bonchev–Trinajstić information content (AvgIpc) is 3.26. The molecule has 42 heavy (non-hydrogen) atoms. The molecule has 0 bridgehead atoms. The van der Waals surface area contributed by atoms with Crippen LogP contribution in [0.15, 0.2) is 8.83 Å². The summed E-state index contributed by atoms with van der Waals surface area (Å²) in [6, 6.07) is 0. The summed E-state index contributed by atoms with van der Waals surface area (Å²) in [4.78, 5) is 59.5. The Balaban J connectivity index is -0.0000000781. The minimum absolute atomic E-state index is 0. The van der Waals surface area contributed by atoms with Crippen molar-refractivity contribution in [3.05, 3.63) is 34.7 Å². The Morgan fingerprint density at radius 3 is 1.33 bits per heavy atom. The highest BCUT2D eigenvalue weighted by atomic mass is 16.5. The molecular weight excluding hydrogens is 550 g/mol. The second-order valence-corrected chi connectivity index (χ2v) is 7.78. The van der Waals surface area contributed by atoms with E-state index in [1.165, 1.54) is 21.1 Å². The SMILES string of the molecule is C.C.C.C.C.CC(N)=O.COC(=O)CC(=O)C(C)C.COC(=O)Cc1nc(C)oc1C.Cc1nc(CC(=O)O)c(C)o1. The lowest BCUT2D eigenvalue weighted by molar-refractivity contribution is -0.144. The van der Waals surface area contributed by atoms with Crippen LogP contribution in [-0.2, 0) is 46.3 Å². The number of carbonyl (C=O) groups excluding carboxylic acids is 4. The number of carboxylic acid groups (broad SMARTS) is 1. The molecule has 2 heterocycles. The molecule has 13 nitrogen and oxygen atoms in total. The number of aryl methyl sites for hydroxylation is 4. The van der Waals surface area contributed by atoms with Crippen molar-refractivity contribution in [2.75, 3.05) is 14.2 Å². The van der Waals surface area contributed by atoms with Gasteiger partial charge >= 0.3 is 17.9 Å². The Kier molecular flexibility index (Phi) is 36.7. The van der Waals surface area contributed by atoms with Crippen molar-refractivity contribution in [3.8, 4) is 0 Å². The third-order valence-corrected chi connectivity index (χ3v) is 4.05. The van der Waals surface area contributed by atoms with Crippen LogP contribution in [0.3, 0.4) is 0 Å². The molecule has 0 aliphatic rings. The summed E-state index contributed by atoms with van der Waals surface area (Å²) in [6.45, 7) is 11.7. The van der Waals surface area contributed by atoms with Crippen LogP contribution in [0, 0.1) is 33.6 Å². The van der Waals surface area contributed by atoms with Crippen molar-refractivity contribution in [2.45, 2.75) is 105 Å². The summed E-state index contributed by atoms with van der Waals surface area (Å²) in [7, 11) is 2.63. The molecule has 13 heteroatoms. The van der Waals surface area contributed by atoms with Gasteiger partial charge in [0.25, 0.3) is 0 Å². The van der Waals surface area contributed by atoms with Crippen LogP contribution in [0.25, 0.3) is 0 Å². The number of ketones is 1. The van der Waals surface area contributed by atoms with E-state index in [0.29, 0.717) is 34.7 Å². The molecule has 0 atom stereocenters. The Morgan fingerprint density at radius 2 is 1.10 bits per heavy atom. The van der Waals surface area contributed by atoms with Gasteiger partial charge in [0.05, 0.1) is 38.4 Å². The number of nitrogens with two attached hydrogens (primary N) is 1. The van der Waals surface area contributed by atoms with Gasteiger partial charge in [-0.1, -0.05) is 51.0 Å². The molecule has 0 radical (unpaired) electrons. The smallest absolute Gasteiger partial charge is 0.313 e. The number of nitrogens with zero attached hydrogens (tertiary/aromatic N) is 2. The maximum Gasteiger partial charge on any atom is 0.313 e. The summed E-state index contributed by atoms with van der Waals surface area (Å²) in [6.07, 6.45) is 0.0109. The quantitative estimate of drug-likeness (QED) is 0.301. The highest BCUT2D eigenvalue weighted by Gasteiger charge is 2.12. The van der Waals surface area contributed by atoms with E-state index >= 15 is 0 Å². The number of ether oxygens (including phenoxy) is 2. The van der Waals surface area contributed by atoms with E-state index in [4.69, 9.17) is 13.9 Å². The minimum Gasteiger partial charge on any atom is -0.481 e. The van der Waals surface area contributed by atoms with Gasteiger partial charge in [-0.05, 0) is 13.8 Å². The number of rotatable bonds is 7. The van der Waals surface area contributed by atoms with Gasteiger partial charge in [0.15, 0.2) is 11.8 Å². The van der Waals surface area contributed by atoms with Crippen LogP contribution < -0.4 is 5.73 Å². The van der Waals surface area contributed by atoms with Gasteiger partial charge < -0.3 is 29.1 Å². The summed E-state index contributed by atoms with van der Waals surface area (Å²) in [5.74, 6) is 0.213. The molecule has 248 valence electrons. The zero-order chi connectivity index (χ0) is 29.3. The molecule has 0 aliphatic heterocycles. The third kappa shape index (κ3) is 27.5. The van der Waals surface area contributed by atoms with E-state index in [-0.39, 0.29) is 80.0 Å². The molecule has 0 saturated carbocycles. The van der Waals surface area contributed by atoms with Crippen molar-refractivity contribution in [1.29, 1.82) is 0 Å². The fourth-order valence-corrected chi connectivity index (χ4v) is 2.24. The van der Waals surface area contributed by atoms with Gasteiger partial charge in [-0.2, -0.15) is 0 Å². The number of carbonyl (C=O) groups is 5. The van der Waals surface area contributed by atoms with Crippen molar-refractivity contribution < 1.29 is 47.4 Å². The van der Waals surface area contributed by atoms with E-state index in [0.717, 1.165) is 0 Å². The summed E-state index contributed by atoms with van der Waals surface area (Å²) in [5.41, 5.74) is 5.63. The first-order valence-corrected chi connectivity index (χ1v) is 11.0. The number of methoxy groups -OCH3 is 2. The van der Waals surface area contributed by atoms with Crippen LogP contribution in [-0.4, -0.2) is 58.9 Å². The Bertz CT molecular complexity index is 1040. The fourth-order valence-electron chi connectivity index (χ4n) is 2.24. The van der Waals surface area contributed by atoms with Gasteiger partial charge in [-0.3, -0.25) is 24.0 Å². The second kappa shape index (κ2) is 28.5. The third-order valence-electron chi connectivity index (χ3n) is 4.05. The monoisotopic (exact) mass is 607 g/mol. The van der Waals surface area contributed by atoms with Crippen molar-refractivity contribution >= 4 is 29.6 Å². The molecule has 1 amide bonds. The highest BCUT2D eigenvalue weighted by Crippen LogP contribution is 2.10. The average molecular weight is 608 g/mol. The maximum atomic E-state index is 10.8. The van der Waals surface area contributed by atoms with Gasteiger partial charge in [-0.25, -0.2) is 9.97 Å². The number of carboxylic acids is 1. The van der Waals surface area contributed by atoms with E-state index in [1.54, 1.807) is 41.5 Å². The van der Waals surface area contributed by atoms with Crippen LogP contribution in [0.2, 0.25) is 0 Å². The first kappa shape index (κ1) is 54.1. The number of hydrogen-bond donors (Lipinski definition) is 2. The molecule has 3 N–H and O–H groups in total. The molecule has 2 aromatic rings. The van der Waals surface area contributed by atoms with E-state index in [1.807, 2.05) is 0 Å². The molecule has 2 aromatic heterocycles. The zero-order valence-corrected chi connectivity index (χ0v) is 22.8. The summed E-state index contributed by atoms with van der Waals surface area (Å²) in [5, 5.41) is 8.42. The lowest BCUT2D eigenvalue weighted by atomic mass is 10.1. The molecular formula is C29H57N3O10.